The van der Waals surface area contributed by atoms with Gasteiger partial charge in [-0.2, -0.15) is 0 Å². The SMILES string of the molecule is COc1ccc2c(c1)CC(NC(=S)NCCOC(=O)c1ccccc1)CC2. The quantitative estimate of drug-likeness (QED) is 0.454. The molecule has 2 N–H and O–H groups in total. The van der Waals surface area contributed by atoms with E-state index < -0.39 is 0 Å². The summed E-state index contributed by atoms with van der Waals surface area (Å²) in [6.45, 7) is 0.738. The number of hydrogen-bond acceptors (Lipinski definition) is 4. The van der Waals surface area contributed by atoms with Crippen LogP contribution in [-0.2, 0) is 17.6 Å². The van der Waals surface area contributed by atoms with Gasteiger partial charge >= 0.3 is 5.97 Å². The molecule has 1 unspecified atom stereocenters. The van der Waals surface area contributed by atoms with E-state index in [4.69, 9.17) is 21.7 Å². The smallest absolute Gasteiger partial charge is 0.338 e. The third kappa shape index (κ3) is 5.44. The summed E-state index contributed by atoms with van der Waals surface area (Å²) in [5.41, 5.74) is 3.23. The molecule has 1 aliphatic rings. The molecule has 0 fully saturated rings. The molecule has 0 spiro atoms. The molecule has 5 nitrogen and oxygen atoms in total. The number of carbonyl (C=O) groups is 1. The van der Waals surface area contributed by atoms with Gasteiger partial charge in [0.15, 0.2) is 5.11 Å². The first-order valence-electron chi connectivity index (χ1n) is 9.08. The van der Waals surface area contributed by atoms with Gasteiger partial charge in [-0.15, -0.1) is 0 Å². The van der Waals surface area contributed by atoms with Crippen LogP contribution in [0.2, 0.25) is 0 Å². The fraction of sp³-hybridized carbons (Fsp3) is 0.333. The van der Waals surface area contributed by atoms with E-state index in [1.807, 2.05) is 24.3 Å². The van der Waals surface area contributed by atoms with Crippen molar-refractivity contribution in [3.8, 4) is 5.75 Å². The van der Waals surface area contributed by atoms with Crippen LogP contribution in [0, 0.1) is 0 Å². The molecule has 0 amide bonds. The molecule has 0 saturated heterocycles. The molecule has 142 valence electrons. The number of aryl methyl sites for hydroxylation is 1. The Balaban J connectivity index is 1.39. The molecule has 27 heavy (non-hydrogen) atoms. The van der Waals surface area contributed by atoms with Crippen LogP contribution in [0.25, 0.3) is 0 Å². The fourth-order valence-electron chi connectivity index (χ4n) is 3.19. The summed E-state index contributed by atoms with van der Waals surface area (Å²) in [6.07, 6.45) is 2.97. The first-order chi connectivity index (χ1) is 13.2. The number of benzene rings is 2. The van der Waals surface area contributed by atoms with Crippen molar-refractivity contribution in [1.29, 1.82) is 0 Å². The van der Waals surface area contributed by atoms with Gasteiger partial charge in [-0.25, -0.2) is 4.79 Å². The van der Waals surface area contributed by atoms with Gasteiger partial charge in [0.1, 0.15) is 12.4 Å². The van der Waals surface area contributed by atoms with Gasteiger partial charge in [0.25, 0.3) is 0 Å². The molecule has 0 aliphatic heterocycles. The zero-order chi connectivity index (χ0) is 19.1. The molecule has 2 aromatic rings. The summed E-state index contributed by atoms with van der Waals surface area (Å²) in [5, 5.41) is 7.04. The maximum absolute atomic E-state index is 11.9. The van der Waals surface area contributed by atoms with E-state index in [1.54, 1.807) is 19.2 Å². The van der Waals surface area contributed by atoms with E-state index >= 15 is 0 Å². The van der Waals surface area contributed by atoms with Crippen LogP contribution in [0.1, 0.15) is 27.9 Å². The minimum atomic E-state index is -0.325. The van der Waals surface area contributed by atoms with Gasteiger partial charge < -0.3 is 20.1 Å². The average Bonchev–Trinajstić information content (AvgIpc) is 2.71. The molecule has 1 atom stereocenters. The maximum Gasteiger partial charge on any atom is 0.338 e. The van der Waals surface area contributed by atoms with Crippen LogP contribution in [-0.4, -0.2) is 37.4 Å². The van der Waals surface area contributed by atoms with Crippen LogP contribution in [0.15, 0.2) is 48.5 Å². The van der Waals surface area contributed by atoms with Crippen molar-refractivity contribution in [1.82, 2.24) is 10.6 Å². The fourth-order valence-corrected chi connectivity index (χ4v) is 3.45. The summed E-state index contributed by atoms with van der Waals surface area (Å²) < 4.78 is 10.6. The highest BCUT2D eigenvalue weighted by atomic mass is 32.1. The lowest BCUT2D eigenvalue weighted by atomic mass is 9.88. The molecular formula is C21H24N2O3S. The van der Waals surface area contributed by atoms with E-state index in [1.165, 1.54) is 11.1 Å². The van der Waals surface area contributed by atoms with Crippen molar-refractivity contribution in [3.63, 3.8) is 0 Å². The minimum absolute atomic E-state index is 0.264. The number of nitrogens with one attached hydrogen (secondary N) is 2. The number of rotatable bonds is 6. The summed E-state index contributed by atoms with van der Waals surface area (Å²) in [5.74, 6) is 0.560. The Morgan fingerprint density at radius 1 is 1.19 bits per heavy atom. The Labute approximate surface area is 165 Å². The number of carbonyl (C=O) groups excluding carboxylic acids is 1. The summed E-state index contributed by atoms with van der Waals surface area (Å²) in [7, 11) is 1.68. The molecule has 0 heterocycles. The second-order valence-electron chi connectivity index (χ2n) is 6.48. The van der Waals surface area contributed by atoms with Crippen molar-refractivity contribution in [2.75, 3.05) is 20.3 Å². The van der Waals surface area contributed by atoms with Crippen molar-refractivity contribution in [3.05, 3.63) is 65.2 Å². The summed E-state index contributed by atoms with van der Waals surface area (Å²) in [6, 6.07) is 15.5. The standard InChI is InChI=1S/C21H24N2O3S/c1-25-19-10-8-15-7-9-18(13-17(15)14-19)23-21(27)22-11-12-26-20(24)16-5-3-2-4-6-16/h2-6,8,10,14,18H,7,9,11-13H2,1H3,(H2,22,23,27). The normalized spacial score (nSPS) is 15.4. The Bertz CT molecular complexity index is 795. The monoisotopic (exact) mass is 384 g/mol. The van der Waals surface area contributed by atoms with Crippen molar-refractivity contribution in [2.45, 2.75) is 25.3 Å². The predicted molar refractivity (Wildman–Crippen MR) is 109 cm³/mol. The minimum Gasteiger partial charge on any atom is -0.497 e. The lowest BCUT2D eigenvalue weighted by Crippen LogP contribution is -2.45. The van der Waals surface area contributed by atoms with Crippen LogP contribution in [0.3, 0.4) is 0 Å². The third-order valence-electron chi connectivity index (χ3n) is 4.61. The highest BCUT2D eigenvalue weighted by Crippen LogP contribution is 2.25. The largest absolute Gasteiger partial charge is 0.497 e. The summed E-state index contributed by atoms with van der Waals surface area (Å²) in [4.78, 5) is 11.9. The zero-order valence-corrected chi connectivity index (χ0v) is 16.2. The topological polar surface area (TPSA) is 59.6 Å². The molecule has 0 radical (unpaired) electrons. The second-order valence-corrected chi connectivity index (χ2v) is 6.88. The zero-order valence-electron chi connectivity index (χ0n) is 15.4. The van der Waals surface area contributed by atoms with E-state index in [9.17, 15) is 4.79 Å². The number of ether oxygens (including phenoxy) is 2. The lowest BCUT2D eigenvalue weighted by molar-refractivity contribution is 0.0512. The Hall–Kier alpha value is -2.60. The molecule has 0 saturated carbocycles. The van der Waals surface area contributed by atoms with Crippen LogP contribution < -0.4 is 15.4 Å². The summed E-state index contributed by atoms with van der Waals surface area (Å²) >= 11 is 5.37. The molecule has 1 aliphatic carbocycles. The first kappa shape index (κ1) is 19.2. The van der Waals surface area contributed by atoms with Gasteiger partial charge in [-0.3, -0.25) is 0 Å². The molecule has 0 bridgehead atoms. The molecule has 0 aromatic heterocycles. The lowest BCUT2D eigenvalue weighted by Gasteiger charge is -2.27. The number of methoxy groups -OCH3 is 1. The Morgan fingerprint density at radius 2 is 2.00 bits per heavy atom. The van der Waals surface area contributed by atoms with E-state index in [-0.39, 0.29) is 18.6 Å². The average molecular weight is 385 g/mol. The van der Waals surface area contributed by atoms with Crippen molar-refractivity contribution < 1.29 is 14.3 Å². The first-order valence-corrected chi connectivity index (χ1v) is 9.49. The third-order valence-corrected chi connectivity index (χ3v) is 4.87. The van der Waals surface area contributed by atoms with E-state index in [0.29, 0.717) is 17.2 Å². The van der Waals surface area contributed by atoms with E-state index in [2.05, 4.69) is 22.8 Å². The van der Waals surface area contributed by atoms with Crippen LogP contribution >= 0.6 is 12.2 Å². The maximum atomic E-state index is 11.9. The predicted octanol–water partition coefficient (Wildman–Crippen LogP) is 2.87. The van der Waals surface area contributed by atoms with Crippen molar-refractivity contribution >= 4 is 23.3 Å². The van der Waals surface area contributed by atoms with Gasteiger partial charge in [0, 0.05) is 6.04 Å². The van der Waals surface area contributed by atoms with Gasteiger partial charge in [0.05, 0.1) is 19.2 Å². The van der Waals surface area contributed by atoms with E-state index in [0.717, 1.165) is 25.0 Å². The Morgan fingerprint density at radius 3 is 2.78 bits per heavy atom. The van der Waals surface area contributed by atoms with Gasteiger partial charge in [-0.1, -0.05) is 24.3 Å². The number of fused-ring (bicyclic) bond motifs is 1. The number of esters is 1. The van der Waals surface area contributed by atoms with Gasteiger partial charge in [0.2, 0.25) is 0 Å². The van der Waals surface area contributed by atoms with Gasteiger partial charge in [-0.05, 0) is 66.9 Å². The molecule has 6 heteroatoms. The highest BCUT2D eigenvalue weighted by Gasteiger charge is 2.19. The molecule has 3 rings (SSSR count). The highest BCUT2D eigenvalue weighted by molar-refractivity contribution is 7.80. The Kier molecular flexibility index (Phi) is 6.65. The van der Waals surface area contributed by atoms with Crippen molar-refractivity contribution in [2.24, 2.45) is 0 Å². The second kappa shape index (κ2) is 9.37. The molecule has 2 aromatic carbocycles. The van der Waals surface area contributed by atoms with Crippen LogP contribution in [0.4, 0.5) is 0 Å². The molecular weight excluding hydrogens is 360 g/mol. The number of hydrogen-bond donors (Lipinski definition) is 2. The number of thiocarbonyl (C=S) groups is 1. The van der Waals surface area contributed by atoms with Crippen LogP contribution in [0.5, 0.6) is 5.75 Å².